The minimum atomic E-state index is -3.56. The van der Waals surface area contributed by atoms with Gasteiger partial charge >= 0.3 is 5.69 Å². The summed E-state index contributed by atoms with van der Waals surface area (Å²) < 4.78 is 29.0. The second kappa shape index (κ2) is 6.45. The lowest BCUT2D eigenvalue weighted by Crippen LogP contribution is -2.10. The highest BCUT2D eigenvalue weighted by atomic mass is 32.2. The van der Waals surface area contributed by atoms with Gasteiger partial charge in [-0.3, -0.25) is 10.1 Å². The lowest BCUT2D eigenvalue weighted by molar-refractivity contribution is -0.385. The fraction of sp³-hybridized carbons (Fsp3) is 0.294. The predicted molar refractivity (Wildman–Crippen MR) is 90.6 cm³/mol. The first-order chi connectivity index (χ1) is 11.8. The molecule has 2 aromatic rings. The average molecular weight is 363 g/mol. The number of sulfone groups is 1. The first kappa shape index (κ1) is 17.4. The molecule has 0 aromatic heterocycles. The van der Waals surface area contributed by atoms with Crippen molar-refractivity contribution in [3.05, 3.63) is 57.6 Å². The van der Waals surface area contributed by atoms with Crippen molar-refractivity contribution >= 4 is 15.5 Å². The Labute approximate surface area is 144 Å². The van der Waals surface area contributed by atoms with E-state index in [2.05, 4.69) is 0 Å². The number of ether oxygens (including phenoxy) is 1. The first-order valence-electron chi connectivity index (χ1n) is 7.73. The zero-order valence-corrected chi connectivity index (χ0v) is 14.3. The highest BCUT2D eigenvalue weighted by Crippen LogP contribution is 2.39. The molecular weight excluding hydrogens is 346 g/mol. The van der Waals surface area contributed by atoms with Gasteiger partial charge in [0.1, 0.15) is 5.75 Å². The molecule has 3 rings (SSSR count). The summed E-state index contributed by atoms with van der Waals surface area (Å²) in [6.07, 6.45) is 2.58. The predicted octanol–water partition coefficient (Wildman–Crippen LogP) is 3.16. The normalized spacial score (nSPS) is 17.0. The molecule has 0 spiro atoms. The Kier molecular flexibility index (Phi) is 4.49. The third-order valence-corrected chi connectivity index (χ3v) is 5.32. The van der Waals surface area contributed by atoms with Gasteiger partial charge in [-0.1, -0.05) is 12.1 Å². The van der Waals surface area contributed by atoms with Gasteiger partial charge in [0.05, 0.1) is 15.9 Å². The molecule has 0 fully saturated rings. The smallest absolute Gasteiger partial charge is 0.312 e. The second-order valence-corrected chi connectivity index (χ2v) is 8.01. The molecule has 1 aliphatic rings. The highest BCUT2D eigenvalue weighted by Gasteiger charge is 2.24. The Balaban J connectivity index is 2.04. The van der Waals surface area contributed by atoms with Crippen molar-refractivity contribution in [2.24, 2.45) is 0 Å². The lowest BCUT2D eigenvalue weighted by atomic mass is 9.89. The topological polar surface area (TPSA) is 107 Å². The van der Waals surface area contributed by atoms with Gasteiger partial charge in [-0.2, -0.15) is 0 Å². The SMILES string of the molecule is CS(=O)(=O)c1ccc(Oc2cccc3c2CCC[C@@H]3O)c([N+](=O)[O-])c1. The van der Waals surface area contributed by atoms with Crippen LogP contribution in [0.25, 0.3) is 0 Å². The second-order valence-electron chi connectivity index (χ2n) is 5.99. The number of aliphatic hydroxyl groups excluding tert-OH is 1. The minimum Gasteiger partial charge on any atom is -0.450 e. The van der Waals surface area contributed by atoms with Crippen LogP contribution in [-0.2, 0) is 16.3 Å². The fourth-order valence-corrected chi connectivity index (χ4v) is 3.60. The van der Waals surface area contributed by atoms with Crippen LogP contribution in [0, 0.1) is 10.1 Å². The van der Waals surface area contributed by atoms with E-state index in [1.807, 2.05) is 6.07 Å². The van der Waals surface area contributed by atoms with E-state index in [1.165, 1.54) is 12.1 Å². The van der Waals surface area contributed by atoms with E-state index in [9.17, 15) is 23.6 Å². The molecule has 0 unspecified atom stereocenters. The van der Waals surface area contributed by atoms with Gasteiger partial charge in [-0.05, 0) is 43.0 Å². The minimum absolute atomic E-state index is 0.0362. The molecule has 2 aromatic carbocycles. The molecule has 0 bridgehead atoms. The largest absolute Gasteiger partial charge is 0.450 e. The number of fused-ring (bicyclic) bond motifs is 1. The summed E-state index contributed by atoms with van der Waals surface area (Å²) in [6.45, 7) is 0. The van der Waals surface area contributed by atoms with Gasteiger partial charge in [-0.15, -0.1) is 0 Å². The maximum absolute atomic E-state index is 11.6. The summed E-state index contributed by atoms with van der Waals surface area (Å²) in [5.74, 6) is 0.400. The van der Waals surface area contributed by atoms with E-state index < -0.39 is 26.6 Å². The molecule has 8 heteroatoms. The molecule has 0 saturated heterocycles. The first-order valence-corrected chi connectivity index (χ1v) is 9.62. The quantitative estimate of drug-likeness (QED) is 0.660. The zero-order chi connectivity index (χ0) is 18.2. The number of benzene rings is 2. The molecule has 0 aliphatic heterocycles. The number of nitro groups is 1. The lowest BCUT2D eigenvalue weighted by Gasteiger charge is -2.23. The Morgan fingerprint density at radius 1 is 1.24 bits per heavy atom. The summed E-state index contributed by atoms with van der Waals surface area (Å²) in [7, 11) is -3.56. The molecule has 132 valence electrons. The fourth-order valence-electron chi connectivity index (χ4n) is 2.96. The van der Waals surface area contributed by atoms with E-state index in [-0.39, 0.29) is 10.6 Å². The Hall–Kier alpha value is -2.45. The van der Waals surface area contributed by atoms with E-state index >= 15 is 0 Å². The number of rotatable bonds is 4. The van der Waals surface area contributed by atoms with Crippen LogP contribution in [0.5, 0.6) is 11.5 Å². The molecule has 0 radical (unpaired) electrons. The summed E-state index contributed by atoms with van der Waals surface area (Å²) in [5, 5.41) is 21.4. The Bertz CT molecular complexity index is 938. The number of hydrogen-bond donors (Lipinski definition) is 1. The number of nitrogens with zero attached hydrogens (tertiary/aromatic N) is 1. The van der Waals surface area contributed by atoms with Crippen LogP contribution in [0.15, 0.2) is 41.3 Å². The van der Waals surface area contributed by atoms with Crippen molar-refractivity contribution in [1.29, 1.82) is 0 Å². The maximum atomic E-state index is 11.6. The standard InChI is InChI=1S/C17H17NO6S/c1-25(22,23)11-8-9-17(14(10-11)18(20)21)24-16-7-3-4-12-13(16)5-2-6-15(12)19/h3-4,7-10,15,19H,2,5-6H2,1H3/t15-/m0/s1. The molecule has 0 amide bonds. The van der Waals surface area contributed by atoms with E-state index in [4.69, 9.17) is 4.74 Å². The van der Waals surface area contributed by atoms with Crippen molar-refractivity contribution in [2.45, 2.75) is 30.3 Å². The average Bonchev–Trinajstić information content (AvgIpc) is 2.55. The molecule has 1 N–H and O–H groups in total. The van der Waals surface area contributed by atoms with E-state index in [0.717, 1.165) is 29.9 Å². The molecule has 0 saturated carbocycles. The van der Waals surface area contributed by atoms with Gasteiger partial charge in [0.25, 0.3) is 0 Å². The van der Waals surface area contributed by atoms with Gasteiger partial charge < -0.3 is 9.84 Å². The van der Waals surface area contributed by atoms with E-state index in [1.54, 1.807) is 12.1 Å². The number of hydrogen-bond acceptors (Lipinski definition) is 6. The Morgan fingerprint density at radius 2 is 2.00 bits per heavy atom. The summed E-state index contributed by atoms with van der Waals surface area (Å²) in [4.78, 5) is 10.5. The van der Waals surface area contributed by atoms with Crippen molar-refractivity contribution in [3.63, 3.8) is 0 Å². The molecule has 7 nitrogen and oxygen atoms in total. The molecule has 1 atom stereocenters. The molecule has 25 heavy (non-hydrogen) atoms. The van der Waals surface area contributed by atoms with Crippen molar-refractivity contribution in [1.82, 2.24) is 0 Å². The third kappa shape index (κ3) is 3.49. The van der Waals surface area contributed by atoms with Gasteiger partial charge in [0.15, 0.2) is 9.84 Å². The molecular formula is C17H17NO6S. The monoisotopic (exact) mass is 363 g/mol. The van der Waals surface area contributed by atoms with Gasteiger partial charge in [-0.25, -0.2) is 8.42 Å². The molecule has 1 aliphatic carbocycles. The summed E-state index contributed by atoms with van der Waals surface area (Å²) >= 11 is 0. The molecule has 0 heterocycles. The van der Waals surface area contributed by atoms with Crippen molar-refractivity contribution in [3.8, 4) is 11.5 Å². The van der Waals surface area contributed by atoms with Crippen LogP contribution in [-0.4, -0.2) is 24.7 Å². The van der Waals surface area contributed by atoms with Crippen LogP contribution >= 0.6 is 0 Å². The third-order valence-electron chi connectivity index (χ3n) is 4.21. The summed E-state index contributed by atoms with van der Waals surface area (Å²) in [5.41, 5.74) is 1.17. The van der Waals surface area contributed by atoms with Gasteiger partial charge in [0, 0.05) is 17.9 Å². The van der Waals surface area contributed by atoms with Crippen LogP contribution < -0.4 is 4.74 Å². The Morgan fingerprint density at radius 3 is 2.68 bits per heavy atom. The summed E-state index contributed by atoms with van der Waals surface area (Å²) in [6, 6.07) is 8.78. The van der Waals surface area contributed by atoms with Crippen molar-refractivity contribution < 1.29 is 23.2 Å². The van der Waals surface area contributed by atoms with Gasteiger partial charge in [0.2, 0.25) is 5.75 Å². The highest BCUT2D eigenvalue weighted by molar-refractivity contribution is 7.90. The zero-order valence-electron chi connectivity index (χ0n) is 13.5. The van der Waals surface area contributed by atoms with Crippen LogP contribution in [0.2, 0.25) is 0 Å². The number of aliphatic hydroxyl groups is 1. The maximum Gasteiger partial charge on any atom is 0.312 e. The van der Waals surface area contributed by atoms with E-state index in [0.29, 0.717) is 18.6 Å². The number of nitro benzene ring substituents is 1. The van der Waals surface area contributed by atoms with Crippen LogP contribution in [0.4, 0.5) is 5.69 Å². The van der Waals surface area contributed by atoms with Crippen molar-refractivity contribution in [2.75, 3.05) is 6.26 Å². The van der Waals surface area contributed by atoms with Crippen LogP contribution in [0.3, 0.4) is 0 Å². The van der Waals surface area contributed by atoms with Crippen LogP contribution in [0.1, 0.15) is 30.1 Å².